The van der Waals surface area contributed by atoms with Gasteiger partial charge in [0, 0.05) is 0 Å². The summed E-state index contributed by atoms with van der Waals surface area (Å²) in [7, 11) is 0. The molecule has 0 saturated heterocycles. The van der Waals surface area contributed by atoms with Crippen molar-refractivity contribution in [2.45, 2.75) is 0 Å². The number of aromatic nitrogens is 3. The minimum atomic E-state index is -0.387. The summed E-state index contributed by atoms with van der Waals surface area (Å²) < 4.78 is 16.9. The van der Waals surface area contributed by atoms with Gasteiger partial charge >= 0.3 is 0 Å². The van der Waals surface area contributed by atoms with E-state index < -0.39 is 0 Å². The second kappa shape index (κ2) is 2.69. The molecule has 0 aromatic carbocycles. The normalized spacial score (nSPS) is 10.1. The molecule has 0 N–H and O–H groups in total. The number of hydrogen-bond donors (Lipinski definition) is 0. The molecule has 4 nitrogen and oxygen atoms in total. The molecule has 5 heteroatoms. The van der Waals surface area contributed by atoms with Crippen molar-refractivity contribution in [1.82, 2.24) is 15.1 Å². The predicted molar refractivity (Wildman–Crippen MR) is 37.5 cm³/mol. The van der Waals surface area contributed by atoms with Gasteiger partial charge in [0.15, 0.2) is 0 Å². The molecule has 12 heavy (non-hydrogen) atoms. The average Bonchev–Trinajstić information content (AvgIpc) is 2.58. The molecule has 2 aromatic heterocycles. The zero-order chi connectivity index (χ0) is 8.39. The molecule has 0 bridgehead atoms. The summed E-state index contributed by atoms with van der Waals surface area (Å²) >= 11 is 0. The third-order valence-corrected chi connectivity index (χ3v) is 1.32. The van der Waals surface area contributed by atoms with Crippen LogP contribution >= 0.6 is 0 Å². The van der Waals surface area contributed by atoms with Gasteiger partial charge in [-0.25, -0.2) is 9.37 Å². The van der Waals surface area contributed by atoms with Crippen LogP contribution in [0.25, 0.3) is 11.5 Å². The van der Waals surface area contributed by atoms with Crippen LogP contribution in [0.1, 0.15) is 0 Å². The van der Waals surface area contributed by atoms with Gasteiger partial charge in [0.05, 0.1) is 6.20 Å². The molecule has 0 radical (unpaired) electrons. The molecule has 2 rings (SSSR count). The molecule has 0 fully saturated rings. The van der Waals surface area contributed by atoms with E-state index in [9.17, 15) is 4.39 Å². The Labute approximate surface area is 67.1 Å². The number of nitrogens with zero attached hydrogens (tertiary/aromatic N) is 3. The van der Waals surface area contributed by atoms with Gasteiger partial charge in [-0.2, -0.15) is 4.98 Å². The third-order valence-electron chi connectivity index (χ3n) is 1.32. The quantitative estimate of drug-likeness (QED) is 0.638. The number of hydrogen-bond acceptors (Lipinski definition) is 4. The fourth-order valence-corrected chi connectivity index (χ4v) is 0.792. The molecular formula is C7H4FN3O. The van der Waals surface area contributed by atoms with Gasteiger partial charge < -0.3 is 4.52 Å². The van der Waals surface area contributed by atoms with Crippen molar-refractivity contribution in [2.75, 3.05) is 0 Å². The first-order valence-electron chi connectivity index (χ1n) is 3.24. The molecule has 0 aliphatic rings. The second-order valence-electron chi connectivity index (χ2n) is 2.12. The maximum Gasteiger partial charge on any atom is 0.220 e. The van der Waals surface area contributed by atoms with Crippen LogP contribution in [0.3, 0.4) is 0 Å². The maximum atomic E-state index is 12.4. The zero-order valence-corrected chi connectivity index (χ0v) is 5.94. The molecule has 0 amide bonds. The Bertz CT molecular complexity index is 357. The molecule has 0 saturated carbocycles. The standard InChI is InChI=1S/C7H4FN3O/c8-5-1-2-6(9-3-5)7-10-4-12-11-7/h1-4H. The summed E-state index contributed by atoms with van der Waals surface area (Å²) in [6.45, 7) is 0. The van der Waals surface area contributed by atoms with E-state index in [-0.39, 0.29) is 5.82 Å². The Morgan fingerprint density at radius 1 is 1.25 bits per heavy atom. The number of halogens is 1. The van der Waals surface area contributed by atoms with E-state index in [1.54, 1.807) is 0 Å². The zero-order valence-electron chi connectivity index (χ0n) is 5.94. The van der Waals surface area contributed by atoms with Gasteiger partial charge in [0.2, 0.25) is 12.2 Å². The third kappa shape index (κ3) is 1.16. The van der Waals surface area contributed by atoms with Gasteiger partial charge in [-0.15, -0.1) is 0 Å². The lowest BCUT2D eigenvalue weighted by Crippen LogP contribution is -1.85. The van der Waals surface area contributed by atoms with E-state index in [0.717, 1.165) is 6.20 Å². The number of pyridine rings is 1. The van der Waals surface area contributed by atoms with E-state index in [0.29, 0.717) is 11.5 Å². The van der Waals surface area contributed by atoms with Crippen LogP contribution < -0.4 is 0 Å². The summed E-state index contributed by atoms with van der Waals surface area (Å²) in [5, 5.41) is 3.55. The minimum Gasteiger partial charge on any atom is -0.342 e. The van der Waals surface area contributed by atoms with E-state index in [2.05, 4.69) is 19.6 Å². The van der Waals surface area contributed by atoms with Crippen LogP contribution in [-0.4, -0.2) is 15.1 Å². The Morgan fingerprint density at radius 3 is 2.75 bits per heavy atom. The van der Waals surface area contributed by atoms with Crippen molar-refractivity contribution in [2.24, 2.45) is 0 Å². The predicted octanol–water partition coefficient (Wildman–Crippen LogP) is 1.27. The Kier molecular flexibility index (Phi) is 1.55. The van der Waals surface area contributed by atoms with E-state index >= 15 is 0 Å². The summed E-state index contributed by atoms with van der Waals surface area (Å²) in [5.41, 5.74) is 0.491. The summed E-state index contributed by atoms with van der Waals surface area (Å²) in [5.74, 6) is -0.0303. The number of rotatable bonds is 1. The van der Waals surface area contributed by atoms with Gasteiger partial charge in [-0.1, -0.05) is 5.16 Å². The van der Waals surface area contributed by atoms with E-state index in [1.165, 1.54) is 18.5 Å². The van der Waals surface area contributed by atoms with Crippen LogP contribution in [0.2, 0.25) is 0 Å². The summed E-state index contributed by atoms with van der Waals surface area (Å²) in [4.78, 5) is 7.51. The lowest BCUT2D eigenvalue weighted by Gasteiger charge is -1.90. The fraction of sp³-hybridized carbons (Fsp3) is 0. The molecule has 0 spiro atoms. The molecule has 60 valence electrons. The van der Waals surface area contributed by atoms with Crippen molar-refractivity contribution in [3.05, 3.63) is 30.5 Å². The molecule has 0 atom stereocenters. The lowest BCUT2D eigenvalue weighted by molar-refractivity contribution is 0.418. The van der Waals surface area contributed by atoms with Crippen LogP contribution in [0.4, 0.5) is 4.39 Å². The van der Waals surface area contributed by atoms with Crippen molar-refractivity contribution in [1.29, 1.82) is 0 Å². The monoisotopic (exact) mass is 165 g/mol. The SMILES string of the molecule is Fc1ccc(-c2ncon2)nc1. The molecule has 0 aliphatic carbocycles. The maximum absolute atomic E-state index is 12.4. The van der Waals surface area contributed by atoms with Crippen LogP contribution in [-0.2, 0) is 0 Å². The van der Waals surface area contributed by atoms with E-state index in [4.69, 9.17) is 0 Å². The Hall–Kier alpha value is -1.78. The van der Waals surface area contributed by atoms with Crippen molar-refractivity contribution in [3.8, 4) is 11.5 Å². The summed E-state index contributed by atoms with van der Waals surface area (Å²) in [6.07, 6.45) is 2.30. The Morgan fingerprint density at radius 2 is 2.17 bits per heavy atom. The summed E-state index contributed by atoms with van der Waals surface area (Å²) in [6, 6.07) is 2.78. The smallest absolute Gasteiger partial charge is 0.220 e. The highest BCUT2D eigenvalue weighted by atomic mass is 19.1. The highest BCUT2D eigenvalue weighted by molar-refractivity contribution is 5.46. The first-order chi connectivity index (χ1) is 5.86. The van der Waals surface area contributed by atoms with Crippen LogP contribution in [0.15, 0.2) is 29.2 Å². The fourth-order valence-electron chi connectivity index (χ4n) is 0.792. The molecule has 2 heterocycles. The molecule has 0 unspecified atom stereocenters. The lowest BCUT2D eigenvalue weighted by atomic mass is 10.3. The topological polar surface area (TPSA) is 51.8 Å². The first-order valence-corrected chi connectivity index (χ1v) is 3.24. The Balaban J connectivity index is 2.43. The average molecular weight is 165 g/mol. The van der Waals surface area contributed by atoms with Gasteiger partial charge in [0.1, 0.15) is 11.5 Å². The highest BCUT2D eigenvalue weighted by Gasteiger charge is 2.03. The van der Waals surface area contributed by atoms with Gasteiger partial charge in [-0.3, -0.25) is 0 Å². The molecular weight excluding hydrogens is 161 g/mol. The minimum absolute atomic E-state index is 0.356. The highest BCUT2D eigenvalue weighted by Crippen LogP contribution is 2.09. The van der Waals surface area contributed by atoms with Gasteiger partial charge in [-0.05, 0) is 12.1 Å². The first kappa shape index (κ1) is 6.90. The van der Waals surface area contributed by atoms with Crippen molar-refractivity contribution >= 4 is 0 Å². The molecule has 0 aliphatic heterocycles. The van der Waals surface area contributed by atoms with E-state index in [1.807, 2.05) is 0 Å². The second-order valence-corrected chi connectivity index (χ2v) is 2.12. The molecule has 2 aromatic rings. The van der Waals surface area contributed by atoms with Crippen molar-refractivity contribution < 1.29 is 8.91 Å². The largest absolute Gasteiger partial charge is 0.342 e. The van der Waals surface area contributed by atoms with Crippen molar-refractivity contribution in [3.63, 3.8) is 0 Å². The van der Waals surface area contributed by atoms with Crippen LogP contribution in [0, 0.1) is 5.82 Å². The van der Waals surface area contributed by atoms with Gasteiger partial charge in [0.25, 0.3) is 0 Å². The van der Waals surface area contributed by atoms with Crippen LogP contribution in [0.5, 0.6) is 0 Å².